The standard InChI is InChI=1S/C7H14Cl2N16P6/c1-5-11-14-26-17-20-30(9)23-29(8,10-4)24-31(25-30,21-18-27-15-12-6-2)22-19-28-16-13-7-3/h5-7H,4H2,1-3H3/b11-5+,12-6+,13-7+,20-17?,21-18?,22-19?. The molecular weight excluding hydrogens is 565 g/mol. The van der Waals surface area contributed by atoms with Crippen molar-refractivity contribution in [3.8, 4) is 0 Å². The highest BCUT2D eigenvalue weighted by Gasteiger charge is 2.36. The summed E-state index contributed by atoms with van der Waals surface area (Å²) in [5, 5.41) is 11.0. The SMILES string of the molecule is C=NP1(Cl)=NP(N=NP=N/N=C/C)(N=NP=N/N=C/C)=NP(Cl)(N=NP=N/N=C/C)=N1. The molecule has 1 heterocycles. The van der Waals surface area contributed by atoms with Crippen LogP contribution in [0.2, 0.25) is 0 Å². The van der Waals surface area contributed by atoms with Crippen molar-refractivity contribution in [1.29, 1.82) is 0 Å². The average molecular weight is 579 g/mol. The summed E-state index contributed by atoms with van der Waals surface area (Å²) in [5.41, 5.74) is 0. The van der Waals surface area contributed by atoms with Gasteiger partial charge in [-0.15, -0.1) is 34.1 Å². The minimum Gasteiger partial charge on any atom is -0.227 e. The van der Waals surface area contributed by atoms with Gasteiger partial charge in [0.2, 0.25) is 25.6 Å². The Bertz CT molecular complexity index is 1030. The highest BCUT2D eigenvalue weighted by Crippen LogP contribution is 2.84. The number of hydrogen-bond acceptors (Lipinski definition) is 10. The molecule has 1 rings (SSSR count). The van der Waals surface area contributed by atoms with Gasteiger partial charge in [0.15, 0.2) is 0 Å². The van der Waals surface area contributed by atoms with E-state index in [1.165, 1.54) is 18.6 Å². The summed E-state index contributed by atoms with van der Waals surface area (Å²) in [6, 6.07) is 0. The first kappa shape index (κ1) is 28.1. The summed E-state index contributed by atoms with van der Waals surface area (Å²) >= 11 is 12.9. The zero-order valence-corrected chi connectivity index (χ0v) is 22.9. The molecule has 0 amide bonds. The summed E-state index contributed by atoms with van der Waals surface area (Å²) in [6.45, 7) is 1.79. The summed E-state index contributed by atoms with van der Waals surface area (Å²) in [6.07, 6.45) is 4.45. The van der Waals surface area contributed by atoms with Gasteiger partial charge < -0.3 is 0 Å². The lowest BCUT2D eigenvalue weighted by Gasteiger charge is -2.19. The van der Waals surface area contributed by atoms with Gasteiger partial charge in [-0.25, -0.2) is 4.76 Å². The molecule has 0 aromatic rings. The van der Waals surface area contributed by atoms with E-state index in [2.05, 4.69) is 84.2 Å². The van der Waals surface area contributed by atoms with Crippen LogP contribution in [0.1, 0.15) is 20.8 Å². The Kier molecular flexibility index (Phi) is 13.6. The van der Waals surface area contributed by atoms with Gasteiger partial charge in [-0.2, -0.15) is 28.9 Å². The molecule has 31 heavy (non-hydrogen) atoms. The van der Waals surface area contributed by atoms with Gasteiger partial charge in [-0.05, 0) is 50.0 Å². The topological polar surface area (TPSA) is 198 Å². The third-order valence-corrected chi connectivity index (χ3v) is 13.4. The number of hydrogen-bond donors (Lipinski definition) is 0. The van der Waals surface area contributed by atoms with Gasteiger partial charge in [0, 0.05) is 18.6 Å². The first-order valence-corrected chi connectivity index (χ1v) is 16.7. The van der Waals surface area contributed by atoms with Gasteiger partial charge in [0.25, 0.3) is 6.71 Å². The second-order valence-electron chi connectivity index (χ2n) is 4.13. The number of halogens is 2. The Morgan fingerprint density at radius 2 is 1.13 bits per heavy atom. The van der Waals surface area contributed by atoms with Gasteiger partial charge in [-0.1, -0.05) is 9.77 Å². The lowest BCUT2D eigenvalue weighted by atomic mass is 10.9. The maximum absolute atomic E-state index is 6.51. The van der Waals surface area contributed by atoms with Crippen LogP contribution in [0.3, 0.4) is 0 Å². The smallest absolute Gasteiger partial charge is 0.227 e. The zero-order chi connectivity index (χ0) is 23.1. The normalized spacial score (nSPS) is 30.2. The molecule has 0 bridgehead atoms. The first-order valence-electron chi connectivity index (χ1n) is 7.56. The second-order valence-corrected chi connectivity index (χ2v) is 14.5. The van der Waals surface area contributed by atoms with Crippen LogP contribution in [-0.4, -0.2) is 25.4 Å². The van der Waals surface area contributed by atoms with Crippen LogP contribution < -0.4 is 0 Å². The predicted octanol–water partition coefficient (Wildman–Crippen LogP) is 10.5. The molecule has 0 saturated carbocycles. The molecule has 0 aliphatic carbocycles. The van der Waals surface area contributed by atoms with Gasteiger partial charge >= 0.3 is 14.2 Å². The fraction of sp³-hybridized carbons (Fsp3) is 0.429. The minimum atomic E-state index is -3.49. The molecule has 0 saturated heterocycles. The molecular formula is C7H14Cl2N16P6. The molecule has 24 heteroatoms. The Hall–Kier alpha value is -0.950. The third kappa shape index (κ3) is 11.0. The largest absolute Gasteiger partial charge is 0.347 e. The third-order valence-electron chi connectivity index (χ3n) is 2.09. The van der Waals surface area contributed by atoms with Crippen molar-refractivity contribution in [1.82, 2.24) is 0 Å². The highest BCUT2D eigenvalue weighted by molar-refractivity contribution is 8.03. The van der Waals surface area contributed by atoms with Crippen molar-refractivity contribution in [3.63, 3.8) is 0 Å². The fourth-order valence-corrected chi connectivity index (χ4v) is 13.7. The van der Waals surface area contributed by atoms with Crippen LogP contribution in [-0.2, 0) is 0 Å². The average Bonchev–Trinajstić information content (AvgIpc) is 2.73. The molecule has 1 aliphatic rings. The monoisotopic (exact) mass is 578 g/mol. The highest BCUT2D eigenvalue weighted by atomic mass is 35.7. The molecule has 166 valence electrons. The molecule has 2 atom stereocenters. The maximum Gasteiger partial charge on any atom is 0.347 e. The van der Waals surface area contributed by atoms with Gasteiger partial charge in [0.1, 0.15) is 0 Å². The lowest BCUT2D eigenvalue weighted by Crippen LogP contribution is -1.75. The molecule has 0 aromatic carbocycles. The van der Waals surface area contributed by atoms with E-state index >= 15 is 0 Å². The van der Waals surface area contributed by atoms with Gasteiger partial charge in [0.05, 0.1) is 0 Å². The van der Waals surface area contributed by atoms with E-state index in [0.717, 1.165) is 0 Å². The van der Waals surface area contributed by atoms with Crippen LogP contribution in [0.15, 0.2) is 77.5 Å². The molecule has 0 radical (unpaired) electrons. The molecule has 0 fully saturated rings. The van der Waals surface area contributed by atoms with Crippen molar-refractivity contribution < 1.29 is 0 Å². The van der Waals surface area contributed by atoms with Crippen molar-refractivity contribution in [2.45, 2.75) is 20.8 Å². The van der Waals surface area contributed by atoms with Crippen LogP contribution in [0.25, 0.3) is 0 Å². The maximum atomic E-state index is 6.51. The molecule has 1 aliphatic heterocycles. The Morgan fingerprint density at radius 1 is 0.677 bits per heavy atom. The van der Waals surface area contributed by atoms with Crippen LogP contribution in [0, 0.1) is 0 Å². The summed E-state index contributed by atoms with van der Waals surface area (Å²) in [7, 11) is -3.02. The number of nitrogens with zero attached hydrogens (tertiary/aromatic N) is 16. The van der Waals surface area contributed by atoms with E-state index in [4.69, 9.17) is 22.5 Å². The van der Waals surface area contributed by atoms with Crippen LogP contribution in [0.4, 0.5) is 0 Å². The van der Waals surface area contributed by atoms with E-state index in [-0.39, 0.29) is 25.6 Å². The van der Waals surface area contributed by atoms with Crippen molar-refractivity contribution in [2.24, 2.45) is 77.5 Å². The van der Waals surface area contributed by atoms with E-state index in [1.54, 1.807) is 20.8 Å². The predicted molar refractivity (Wildman–Crippen MR) is 134 cm³/mol. The Labute approximate surface area is 192 Å². The quantitative estimate of drug-likeness (QED) is 0.103. The first-order chi connectivity index (χ1) is 14.9. The van der Waals surface area contributed by atoms with Crippen molar-refractivity contribution >= 4 is 94.3 Å². The van der Waals surface area contributed by atoms with E-state index in [1.807, 2.05) is 0 Å². The Balaban J connectivity index is 3.64. The summed E-state index contributed by atoms with van der Waals surface area (Å²) < 4.78 is 16.6. The minimum absolute atomic E-state index is 0.151. The molecule has 0 aromatic heterocycles. The molecule has 16 nitrogen and oxygen atoms in total. The van der Waals surface area contributed by atoms with E-state index < -0.39 is 20.9 Å². The summed E-state index contributed by atoms with van der Waals surface area (Å²) in [5.74, 6) is 0. The second kappa shape index (κ2) is 15.0. The van der Waals surface area contributed by atoms with Crippen molar-refractivity contribution in [3.05, 3.63) is 0 Å². The summed E-state index contributed by atoms with van der Waals surface area (Å²) in [4.78, 5) is 34.8. The number of rotatable bonds is 10. The van der Waals surface area contributed by atoms with E-state index in [0.29, 0.717) is 0 Å². The Morgan fingerprint density at radius 3 is 1.55 bits per heavy atom. The molecule has 0 N–H and O–H groups in total. The molecule has 2 unspecified atom stereocenters. The van der Waals surface area contributed by atoms with Crippen molar-refractivity contribution in [2.75, 3.05) is 0 Å². The molecule has 0 spiro atoms. The lowest BCUT2D eigenvalue weighted by molar-refractivity contribution is 1.27. The van der Waals surface area contributed by atoms with E-state index in [9.17, 15) is 0 Å². The zero-order valence-electron chi connectivity index (χ0n) is 16.0. The van der Waals surface area contributed by atoms with Crippen LogP contribution in [0.5, 0.6) is 0 Å². The van der Waals surface area contributed by atoms with Crippen LogP contribution >= 0.6 is 69.0 Å². The fourth-order valence-electron chi connectivity index (χ4n) is 1.18. The van der Waals surface area contributed by atoms with Gasteiger partial charge in [-0.3, -0.25) is 0 Å².